The van der Waals surface area contributed by atoms with E-state index in [0.717, 1.165) is 0 Å². The Balaban J connectivity index is 2.47. The summed E-state index contributed by atoms with van der Waals surface area (Å²) in [6.07, 6.45) is 4.48. The van der Waals surface area contributed by atoms with E-state index in [-0.39, 0.29) is 11.7 Å². The number of aliphatic imine (C=N–C) groups is 2. The summed E-state index contributed by atoms with van der Waals surface area (Å²) < 4.78 is 5.65. The third-order valence-corrected chi connectivity index (χ3v) is 2.75. The standard InChI is InChI=1S/C9H7BrN2O2/c1-14-9-7(10)8-5(4-12-9)6(13)2-3-11-8/h2-5H,1H3. The van der Waals surface area contributed by atoms with Crippen LogP contribution in [0.3, 0.4) is 0 Å². The molecule has 2 aliphatic rings. The van der Waals surface area contributed by atoms with Gasteiger partial charge in [0.05, 0.1) is 12.8 Å². The van der Waals surface area contributed by atoms with Crippen molar-refractivity contribution in [3.05, 3.63) is 22.6 Å². The maximum Gasteiger partial charge on any atom is 0.229 e. The van der Waals surface area contributed by atoms with Crippen LogP contribution in [0.1, 0.15) is 0 Å². The smallest absolute Gasteiger partial charge is 0.229 e. The molecule has 2 heterocycles. The van der Waals surface area contributed by atoms with E-state index in [4.69, 9.17) is 4.74 Å². The predicted octanol–water partition coefficient (Wildman–Crippen LogP) is 1.43. The van der Waals surface area contributed by atoms with E-state index in [9.17, 15) is 4.79 Å². The van der Waals surface area contributed by atoms with Crippen molar-refractivity contribution < 1.29 is 9.53 Å². The number of fused-ring (bicyclic) bond motifs is 1. The Kier molecular flexibility index (Phi) is 2.33. The van der Waals surface area contributed by atoms with Crippen LogP contribution in [0, 0.1) is 5.92 Å². The van der Waals surface area contributed by atoms with Crippen molar-refractivity contribution in [1.82, 2.24) is 0 Å². The van der Waals surface area contributed by atoms with Gasteiger partial charge in [-0.1, -0.05) is 0 Å². The van der Waals surface area contributed by atoms with E-state index in [1.54, 1.807) is 6.21 Å². The Bertz CT molecular complexity index is 407. The molecule has 0 fully saturated rings. The quantitative estimate of drug-likeness (QED) is 0.711. The molecule has 2 aliphatic heterocycles. The summed E-state index contributed by atoms with van der Waals surface area (Å²) in [6.45, 7) is 0. The Morgan fingerprint density at radius 2 is 2.36 bits per heavy atom. The molecular weight excluding hydrogens is 248 g/mol. The second-order valence-corrected chi connectivity index (χ2v) is 3.60. The Morgan fingerprint density at radius 3 is 3.07 bits per heavy atom. The van der Waals surface area contributed by atoms with E-state index in [2.05, 4.69) is 25.9 Å². The number of halogens is 1. The molecule has 2 rings (SSSR count). The number of hydrogen-bond acceptors (Lipinski definition) is 4. The molecule has 0 amide bonds. The first-order chi connectivity index (χ1) is 6.74. The van der Waals surface area contributed by atoms with Crippen molar-refractivity contribution in [2.45, 2.75) is 0 Å². The molecular formula is C9H7BrN2O2. The SMILES string of the molecule is COC1=C(Br)C2=NC=CC(=O)C2C=N1. The summed E-state index contributed by atoms with van der Waals surface area (Å²) >= 11 is 3.31. The first-order valence-corrected chi connectivity index (χ1v) is 4.79. The van der Waals surface area contributed by atoms with Crippen molar-refractivity contribution in [3.8, 4) is 0 Å². The third kappa shape index (κ3) is 1.33. The van der Waals surface area contributed by atoms with Crippen LogP contribution < -0.4 is 0 Å². The first-order valence-electron chi connectivity index (χ1n) is 4.00. The molecule has 0 saturated carbocycles. The van der Waals surface area contributed by atoms with Gasteiger partial charge < -0.3 is 4.74 Å². The Morgan fingerprint density at radius 1 is 1.57 bits per heavy atom. The van der Waals surface area contributed by atoms with E-state index >= 15 is 0 Å². The minimum atomic E-state index is -0.367. The number of hydrogen-bond donors (Lipinski definition) is 0. The Hall–Kier alpha value is -1.23. The van der Waals surface area contributed by atoms with E-state index in [1.807, 2.05) is 0 Å². The summed E-state index contributed by atoms with van der Waals surface area (Å²) in [4.78, 5) is 19.6. The second-order valence-electron chi connectivity index (χ2n) is 2.81. The lowest BCUT2D eigenvalue weighted by molar-refractivity contribution is -0.115. The van der Waals surface area contributed by atoms with Gasteiger partial charge in [0, 0.05) is 18.5 Å². The summed E-state index contributed by atoms with van der Waals surface area (Å²) in [5, 5.41) is 0. The topological polar surface area (TPSA) is 51.0 Å². The number of methoxy groups -OCH3 is 1. The molecule has 0 N–H and O–H groups in total. The molecule has 0 aromatic carbocycles. The fourth-order valence-electron chi connectivity index (χ4n) is 1.30. The summed E-state index contributed by atoms with van der Waals surface area (Å²) in [6, 6.07) is 0. The van der Waals surface area contributed by atoms with Gasteiger partial charge in [0.2, 0.25) is 5.88 Å². The molecule has 0 saturated heterocycles. The molecule has 72 valence electrons. The fraction of sp³-hybridized carbons (Fsp3) is 0.222. The van der Waals surface area contributed by atoms with Crippen molar-refractivity contribution >= 4 is 33.6 Å². The van der Waals surface area contributed by atoms with Crippen molar-refractivity contribution in [1.29, 1.82) is 0 Å². The average Bonchev–Trinajstić information content (AvgIpc) is 2.20. The van der Waals surface area contributed by atoms with E-state index in [0.29, 0.717) is 16.1 Å². The minimum Gasteiger partial charge on any atom is -0.480 e. The first kappa shape index (κ1) is 9.33. The number of ketones is 1. The van der Waals surface area contributed by atoms with Crippen LogP contribution in [-0.2, 0) is 9.53 Å². The highest BCUT2D eigenvalue weighted by Crippen LogP contribution is 2.26. The summed E-state index contributed by atoms with van der Waals surface area (Å²) in [5.41, 5.74) is 0.657. The van der Waals surface area contributed by atoms with Gasteiger partial charge in [0.15, 0.2) is 5.78 Å². The highest BCUT2D eigenvalue weighted by Gasteiger charge is 2.30. The number of carbonyl (C=O) groups is 1. The fourth-order valence-corrected chi connectivity index (χ4v) is 1.91. The maximum atomic E-state index is 11.4. The largest absolute Gasteiger partial charge is 0.480 e. The molecule has 0 bridgehead atoms. The van der Waals surface area contributed by atoms with Crippen LogP contribution in [-0.4, -0.2) is 24.8 Å². The number of nitrogens with zero attached hydrogens (tertiary/aromatic N) is 2. The van der Waals surface area contributed by atoms with Gasteiger partial charge in [-0.05, 0) is 15.9 Å². The normalized spacial score (nSPS) is 24.9. The van der Waals surface area contributed by atoms with Crippen LogP contribution >= 0.6 is 15.9 Å². The van der Waals surface area contributed by atoms with Gasteiger partial charge in [-0.2, -0.15) is 0 Å². The zero-order chi connectivity index (χ0) is 10.1. The third-order valence-electron chi connectivity index (χ3n) is 2.00. The van der Waals surface area contributed by atoms with Gasteiger partial charge in [-0.3, -0.25) is 9.79 Å². The number of allylic oxidation sites excluding steroid dienone is 2. The molecule has 5 heteroatoms. The highest BCUT2D eigenvalue weighted by atomic mass is 79.9. The van der Waals surface area contributed by atoms with Crippen LogP contribution in [0.15, 0.2) is 32.6 Å². The predicted molar refractivity (Wildman–Crippen MR) is 56.5 cm³/mol. The zero-order valence-electron chi connectivity index (χ0n) is 7.40. The maximum absolute atomic E-state index is 11.4. The number of carbonyl (C=O) groups excluding carboxylic acids is 1. The number of ether oxygens (including phenoxy) is 1. The van der Waals surface area contributed by atoms with Crippen LogP contribution in [0.4, 0.5) is 0 Å². The average molecular weight is 255 g/mol. The molecule has 0 aliphatic carbocycles. The molecule has 4 nitrogen and oxygen atoms in total. The zero-order valence-corrected chi connectivity index (χ0v) is 8.98. The van der Waals surface area contributed by atoms with Crippen molar-refractivity contribution in [2.75, 3.05) is 7.11 Å². The highest BCUT2D eigenvalue weighted by molar-refractivity contribution is 9.12. The molecule has 14 heavy (non-hydrogen) atoms. The molecule has 1 unspecified atom stereocenters. The summed E-state index contributed by atoms with van der Waals surface area (Å²) in [5.74, 6) is 0.0715. The second kappa shape index (κ2) is 3.49. The van der Waals surface area contributed by atoms with Crippen LogP contribution in [0.5, 0.6) is 0 Å². The lowest BCUT2D eigenvalue weighted by Crippen LogP contribution is -2.29. The van der Waals surface area contributed by atoms with Gasteiger partial charge in [-0.15, -0.1) is 0 Å². The van der Waals surface area contributed by atoms with Gasteiger partial charge in [0.1, 0.15) is 10.4 Å². The van der Waals surface area contributed by atoms with Gasteiger partial charge in [-0.25, -0.2) is 4.99 Å². The van der Waals surface area contributed by atoms with E-state index < -0.39 is 0 Å². The van der Waals surface area contributed by atoms with Gasteiger partial charge >= 0.3 is 0 Å². The molecule has 0 radical (unpaired) electrons. The lowest BCUT2D eigenvalue weighted by Gasteiger charge is -2.19. The van der Waals surface area contributed by atoms with Crippen molar-refractivity contribution in [3.63, 3.8) is 0 Å². The monoisotopic (exact) mass is 254 g/mol. The lowest BCUT2D eigenvalue weighted by atomic mass is 9.96. The van der Waals surface area contributed by atoms with Crippen molar-refractivity contribution in [2.24, 2.45) is 15.9 Å². The molecule has 0 aromatic heterocycles. The van der Waals surface area contributed by atoms with Gasteiger partial charge in [0.25, 0.3) is 0 Å². The van der Waals surface area contributed by atoms with Crippen LogP contribution in [0.25, 0.3) is 0 Å². The Labute approximate surface area is 89.2 Å². The minimum absolute atomic E-state index is 0.00847. The molecule has 1 atom stereocenters. The summed E-state index contributed by atoms with van der Waals surface area (Å²) in [7, 11) is 1.52. The molecule has 0 aromatic rings. The molecule has 0 spiro atoms. The number of rotatable bonds is 1. The van der Waals surface area contributed by atoms with E-state index in [1.165, 1.54) is 19.4 Å². The van der Waals surface area contributed by atoms with Crippen LogP contribution in [0.2, 0.25) is 0 Å².